The maximum absolute atomic E-state index is 9.75. The van der Waals surface area contributed by atoms with Gasteiger partial charge in [0.1, 0.15) is 11.6 Å². The zero-order chi connectivity index (χ0) is 27.6. The summed E-state index contributed by atoms with van der Waals surface area (Å²) in [4.78, 5) is 8.96. The van der Waals surface area contributed by atoms with Crippen LogP contribution in [0.2, 0.25) is 0 Å². The van der Waals surface area contributed by atoms with Crippen molar-refractivity contribution in [3.63, 3.8) is 0 Å². The van der Waals surface area contributed by atoms with Crippen molar-refractivity contribution < 1.29 is 9.84 Å². The van der Waals surface area contributed by atoms with Gasteiger partial charge in [-0.2, -0.15) is 5.10 Å². The van der Waals surface area contributed by atoms with Crippen molar-refractivity contribution in [2.24, 2.45) is 16.1 Å². The van der Waals surface area contributed by atoms with E-state index in [1.165, 1.54) is 32.4 Å². The molecule has 1 saturated heterocycles. The molecule has 1 aliphatic heterocycles. The summed E-state index contributed by atoms with van der Waals surface area (Å²) in [6.45, 7) is 6.62. The fourth-order valence-corrected chi connectivity index (χ4v) is 5.16. The van der Waals surface area contributed by atoms with E-state index in [9.17, 15) is 5.11 Å². The Labute approximate surface area is 229 Å². The maximum Gasteiger partial charge on any atom is 0.213 e. The van der Waals surface area contributed by atoms with Crippen LogP contribution in [0.4, 0.5) is 11.4 Å². The van der Waals surface area contributed by atoms with E-state index < -0.39 is 0 Å². The maximum atomic E-state index is 9.75. The standard InChI is InChI=1S/C24H26N6O2.C6H11N/c1-5-15-9-17(31)6-7-20(15)29-24(25)19-12-28-30-13-16(10-21(30)23(19)26-3)18-11-27-22(32-4)8-14(18)2;1-2-6(1)3-4-7-5-6/h6-13,26,31H,5H2,1-4H3,(H2,25,29);7H,1-5H2. The van der Waals surface area contributed by atoms with Crippen LogP contribution in [0.25, 0.3) is 16.6 Å². The average Bonchev–Trinajstić information content (AvgIpc) is 3.32. The number of phenolic OH excluding ortho intramolecular Hbond substituents is 1. The van der Waals surface area contributed by atoms with Gasteiger partial charge in [0.05, 0.1) is 35.8 Å². The van der Waals surface area contributed by atoms with Gasteiger partial charge in [0, 0.05) is 43.2 Å². The van der Waals surface area contributed by atoms with Crippen molar-refractivity contribution in [2.75, 3.05) is 32.6 Å². The molecule has 0 bridgehead atoms. The molecular formula is C30H37N7O2. The molecule has 2 fully saturated rings. The molecule has 204 valence electrons. The molecular weight excluding hydrogens is 490 g/mol. The number of nitrogens with zero attached hydrogens (tertiary/aromatic N) is 4. The van der Waals surface area contributed by atoms with E-state index in [1.807, 2.05) is 39.2 Å². The van der Waals surface area contributed by atoms with Crippen molar-refractivity contribution in [1.82, 2.24) is 19.9 Å². The number of aryl methyl sites for hydroxylation is 2. The van der Waals surface area contributed by atoms with Crippen LogP contribution < -0.4 is 21.1 Å². The molecule has 1 aromatic carbocycles. The third-order valence-corrected chi connectivity index (χ3v) is 7.74. The first-order valence-corrected chi connectivity index (χ1v) is 13.4. The number of benzene rings is 1. The fourth-order valence-electron chi connectivity index (χ4n) is 5.16. The Bertz CT molecular complexity index is 1510. The Morgan fingerprint density at radius 2 is 2.05 bits per heavy atom. The van der Waals surface area contributed by atoms with E-state index in [-0.39, 0.29) is 5.75 Å². The minimum Gasteiger partial charge on any atom is -0.508 e. The SMILES string of the molecule is C1CC2(CC2)CN1.CCc1cc(O)ccc1N=C(N)c1cnn2cc(-c3cnc(OC)cc3C)cc2c1NC. The molecule has 0 amide bonds. The fraction of sp³-hybridized carbons (Fsp3) is 0.367. The van der Waals surface area contributed by atoms with E-state index in [4.69, 9.17) is 10.5 Å². The summed E-state index contributed by atoms with van der Waals surface area (Å²) >= 11 is 0. The Hall–Kier alpha value is -4.11. The highest BCUT2D eigenvalue weighted by Gasteiger charge is 2.44. The predicted molar refractivity (Wildman–Crippen MR) is 156 cm³/mol. The molecule has 0 atom stereocenters. The van der Waals surface area contributed by atoms with E-state index >= 15 is 0 Å². The molecule has 9 heteroatoms. The molecule has 2 aliphatic rings. The number of ether oxygens (including phenoxy) is 1. The number of methoxy groups -OCH3 is 1. The van der Waals surface area contributed by atoms with E-state index in [0.29, 0.717) is 17.3 Å². The Morgan fingerprint density at radius 3 is 2.67 bits per heavy atom. The third-order valence-electron chi connectivity index (χ3n) is 7.74. The zero-order valence-electron chi connectivity index (χ0n) is 23.1. The highest BCUT2D eigenvalue weighted by Crippen LogP contribution is 2.49. The first kappa shape index (κ1) is 26.5. The molecule has 4 heterocycles. The van der Waals surface area contributed by atoms with Crippen LogP contribution in [-0.2, 0) is 6.42 Å². The van der Waals surface area contributed by atoms with Crippen LogP contribution in [0.15, 0.2) is 53.9 Å². The molecule has 5 N–H and O–H groups in total. The van der Waals surface area contributed by atoms with Gasteiger partial charge in [-0.1, -0.05) is 6.92 Å². The van der Waals surface area contributed by atoms with Gasteiger partial charge >= 0.3 is 0 Å². The number of amidine groups is 1. The van der Waals surface area contributed by atoms with Gasteiger partial charge < -0.3 is 26.2 Å². The largest absolute Gasteiger partial charge is 0.508 e. The van der Waals surface area contributed by atoms with Crippen molar-refractivity contribution >= 4 is 22.7 Å². The van der Waals surface area contributed by atoms with Gasteiger partial charge in [-0.05, 0) is 80.0 Å². The number of rotatable bonds is 6. The van der Waals surface area contributed by atoms with Crippen molar-refractivity contribution in [3.05, 3.63) is 65.6 Å². The number of fused-ring (bicyclic) bond motifs is 1. The lowest BCUT2D eigenvalue weighted by Crippen LogP contribution is -2.16. The number of anilines is 1. The third kappa shape index (κ3) is 5.54. The molecule has 0 radical (unpaired) electrons. The smallest absolute Gasteiger partial charge is 0.213 e. The summed E-state index contributed by atoms with van der Waals surface area (Å²) in [5.74, 6) is 1.13. The van der Waals surface area contributed by atoms with Crippen LogP contribution in [-0.4, -0.2) is 52.8 Å². The summed E-state index contributed by atoms with van der Waals surface area (Å²) < 4.78 is 7.02. The number of nitrogens with two attached hydrogens (primary N) is 1. The Kier molecular flexibility index (Phi) is 7.43. The molecule has 1 aliphatic carbocycles. The second-order valence-electron chi connectivity index (χ2n) is 10.4. The quantitative estimate of drug-likeness (QED) is 0.209. The minimum absolute atomic E-state index is 0.211. The topological polar surface area (TPSA) is 122 Å². The number of hydrogen-bond acceptors (Lipinski definition) is 7. The monoisotopic (exact) mass is 527 g/mol. The summed E-state index contributed by atoms with van der Waals surface area (Å²) in [5.41, 5.74) is 14.3. The number of aliphatic imine (C=N–C) groups is 1. The number of nitrogens with one attached hydrogen (secondary N) is 2. The number of hydrogen-bond donors (Lipinski definition) is 4. The summed E-state index contributed by atoms with van der Waals surface area (Å²) in [6.07, 6.45) is 10.6. The Balaban J connectivity index is 0.000000376. The predicted octanol–water partition coefficient (Wildman–Crippen LogP) is 4.82. The van der Waals surface area contributed by atoms with E-state index in [0.717, 1.165) is 51.0 Å². The lowest BCUT2D eigenvalue weighted by molar-refractivity contribution is 0.397. The summed E-state index contributed by atoms with van der Waals surface area (Å²) in [6, 6.07) is 9.03. The van der Waals surface area contributed by atoms with Crippen molar-refractivity contribution in [3.8, 4) is 22.8 Å². The summed E-state index contributed by atoms with van der Waals surface area (Å²) in [5, 5.41) is 20.9. The number of pyridine rings is 1. The average molecular weight is 528 g/mol. The normalized spacial score (nSPS) is 15.7. The van der Waals surface area contributed by atoms with Gasteiger partial charge in [-0.15, -0.1) is 0 Å². The van der Waals surface area contributed by atoms with Crippen LogP contribution in [0.5, 0.6) is 11.6 Å². The Morgan fingerprint density at radius 1 is 1.23 bits per heavy atom. The first-order valence-electron chi connectivity index (χ1n) is 13.4. The van der Waals surface area contributed by atoms with Crippen LogP contribution in [0.3, 0.4) is 0 Å². The van der Waals surface area contributed by atoms with Gasteiger partial charge in [-0.3, -0.25) is 0 Å². The van der Waals surface area contributed by atoms with E-state index in [2.05, 4.69) is 25.7 Å². The molecule has 1 saturated carbocycles. The number of aromatic hydroxyl groups is 1. The van der Waals surface area contributed by atoms with Gasteiger partial charge in [0.15, 0.2) is 0 Å². The molecule has 9 nitrogen and oxygen atoms in total. The molecule has 4 aromatic rings. The van der Waals surface area contributed by atoms with Crippen LogP contribution >= 0.6 is 0 Å². The molecule has 39 heavy (non-hydrogen) atoms. The van der Waals surface area contributed by atoms with Crippen molar-refractivity contribution in [1.29, 1.82) is 0 Å². The first-order chi connectivity index (χ1) is 18.9. The van der Waals surface area contributed by atoms with E-state index in [1.54, 1.807) is 42.2 Å². The molecule has 0 unspecified atom stereocenters. The second kappa shape index (κ2) is 10.9. The zero-order valence-corrected chi connectivity index (χ0v) is 23.1. The molecule has 6 rings (SSSR count). The number of phenols is 1. The lowest BCUT2D eigenvalue weighted by atomic mass is 10.1. The van der Waals surface area contributed by atoms with Crippen LogP contribution in [0.1, 0.15) is 42.9 Å². The van der Waals surface area contributed by atoms with Gasteiger partial charge in [0.25, 0.3) is 0 Å². The minimum atomic E-state index is 0.211. The van der Waals surface area contributed by atoms with Crippen molar-refractivity contribution in [2.45, 2.75) is 39.5 Å². The lowest BCUT2D eigenvalue weighted by Gasteiger charge is -2.11. The summed E-state index contributed by atoms with van der Waals surface area (Å²) in [7, 11) is 3.45. The van der Waals surface area contributed by atoms with Gasteiger partial charge in [-0.25, -0.2) is 14.5 Å². The molecule has 3 aromatic heterocycles. The highest BCUT2D eigenvalue weighted by atomic mass is 16.5. The molecule has 1 spiro atoms. The highest BCUT2D eigenvalue weighted by molar-refractivity contribution is 6.06. The van der Waals surface area contributed by atoms with Gasteiger partial charge in [0.2, 0.25) is 5.88 Å². The second-order valence-corrected chi connectivity index (χ2v) is 10.4. The number of aromatic nitrogens is 3. The van der Waals surface area contributed by atoms with Crippen LogP contribution in [0, 0.1) is 12.3 Å².